The van der Waals surface area contributed by atoms with Crippen molar-refractivity contribution >= 4 is 17.9 Å². The lowest BCUT2D eigenvalue weighted by molar-refractivity contribution is -0.167. The van der Waals surface area contributed by atoms with E-state index in [1.165, 1.54) is 173 Å². The van der Waals surface area contributed by atoms with Gasteiger partial charge in [-0.1, -0.05) is 240 Å². The van der Waals surface area contributed by atoms with Crippen LogP contribution >= 0.6 is 0 Å². The SMILES string of the molecule is CCCCCCCCCCCCCCCCCCCC(=O)OC[C@@H](COC(=O)CCCCCCCCC)OC(=O)CCCCCCCCCCCCCC(C)C. The molecule has 0 bridgehead atoms. The molecule has 0 amide bonds. The average Bonchev–Trinajstić information content (AvgIpc) is 3.18. The third-order valence-electron chi connectivity index (χ3n) is 11.3. The maximum atomic E-state index is 12.7. The number of esters is 3. The maximum Gasteiger partial charge on any atom is 0.306 e. The van der Waals surface area contributed by atoms with Crippen LogP contribution in [0.2, 0.25) is 0 Å². The Balaban J connectivity index is 4.20. The van der Waals surface area contributed by atoms with Gasteiger partial charge in [-0.05, 0) is 25.2 Å². The number of carbonyl (C=O) groups is 3. The summed E-state index contributed by atoms with van der Waals surface area (Å²) in [5.41, 5.74) is 0. The molecule has 0 aliphatic heterocycles. The Morgan fingerprint density at radius 1 is 0.339 bits per heavy atom. The Hall–Kier alpha value is -1.59. The summed E-state index contributed by atoms with van der Waals surface area (Å²) in [6, 6.07) is 0. The number of ether oxygens (including phenoxy) is 3. The molecule has 0 radical (unpaired) electrons. The molecule has 0 aromatic heterocycles. The first kappa shape index (κ1) is 54.4. The first-order chi connectivity index (χ1) is 27.4. The molecule has 0 aliphatic rings. The fourth-order valence-electron chi connectivity index (χ4n) is 7.51. The molecule has 0 fully saturated rings. The molecular formula is C50H96O6. The largest absolute Gasteiger partial charge is 0.462 e. The predicted octanol–water partition coefficient (Wildman–Crippen LogP) is 15.9. The second kappa shape index (κ2) is 44.5. The Labute approximate surface area is 348 Å². The summed E-state index contributed by atoms with van der Waals surface area (Å²) >= 11 is 0. The highest BCUT2D eigenvalue weighted by molar-refractivity contribution is 5.71. The molecule has 56 heavy (non-hydrogen) atoms. The van der Waals surface area contributed by atoms with Gasteiger partial charge < -0.3 is 14.2 Å². The lowest BCUT2D eigenvalue weighted by atomic mass is 10.0. The van der Waals surface area contributed by atoms with E-state index in [2.05, 4.69) is 27.7 Å². The zero-order valence-corrected chi connectivity index (χ0v) is 38.1. The Morgan fingerprint density at radius 2 is 0.589 bits per heavy atom. The van der Waals surface area contributed by atoms with Crippen LogP contribution in [0.15, 0.2) is 0 Å². The van der Waals surface area contributed by atoms with Crippen molar-refractivity contribution in [3.63, 3.8) is 0 Å². The molecule has 0 aromatic carbocycles. The Kier molecular flexibility index (Phi) is 43.2. The van der Waals surface area contributed by atoms with Gasteiger partial charge in [0.1, 0.15) is 13.2 Å². The zero-order valence-electron chi connectivity index (χ0n) is 38.1. The van der Waals surface area contributed by atoms with Gasteiger partial charge in [0.05, 0.1) is 0 Å². The van der Waals surface area contributed by atoms with Gasteiger partial charge in [-0.25, -0.2) is 0 Å². The van der Waals surface area contributed by atoms with Crippen molar-refractivity contribution in [1.82, 2.24) is 0 Å². The van der Waals surface area contributed by atoms with Crippen LogP contribution in [0.1, 0.15) is 278 Å². The van der Waals surface area contributed by atoms with Crippen LogP contribution in [-0.2, 0) is 28.6 Å². The fourth-order valence-corrected chi connectivity index (χ4v) is 7.51. The van der Waals surface area contributed by atoms with Gasteiger partial charge in [-0.15, -0.1) is 0 Å². The number of hydrogen-bond acceptors (Lipinski definition) is 6. The summed E-state index contributed by atoms with van der Waals surface area (Å²) in [7, 11) is 0. The van der Waals surface area contributed by atoms with Crippen LogP contribution < -0.4 is 0 Å². The van der Waals surface area contributed by atoms with E-state index in [1.54, 1.807) is 0 Å². The molecule has 0 aliphatic carbocycles. The van der Waals surface area contributed by atoms with Crippen LogP contribution in [0.5, 0.6) is 0 Å². The van der Waals surface area contributed by atoms with Crippen molar-refractivity contribution in [1.29, 1.82) is 0 Å². The lowest BCUT2D eigenvalue weighted by Crippen LogP contribution is -2.30. The monoisotopic (exact) mass is 793 g/mol. The van der Waals surface area contributed by atoms with Gasteiger partial charge in [-0.3, -0.25) is 14.4 Å². The third-order valence-corrected chi connectivity index (χ3v) is 11.3. The standard InChI is InChI=1S/C50H96O6/c1-5-7-9-11-13-14-15-16-17-18-19-20-23-26-30-34-38-42-49(52)55-45-47(44-54-48(51)41-37-33-28-12-10-8-6-2)56-50(53)43-39-35-31-27-24-21-22-25-29-32-36-40-46(3)4/h46-47H,5-45H2,1-4H3/t47-/m1/s1. The highest BCUT2D eigenvalue weighted by atomic mass is 16.6. The highest BCUT2D eigenvalue weighted by Gasteiger charge is 2.19. The minimum absolute atomic E-state index is 0.0635. The van der Waals surface area contributed by atoms with Crippen molar-refractivity contribution in [2.24, 2.45) is 5.92 Å². The van der Waals surface area contributed by atoms with Crippen LogP contribution in [0.4, 0.5) is 0 Å². The third kappa shape index (κ3) is 43.5. The second-order valence-corrected chi connectivity index (χ2v) is 17.6. The molecule has 0 heterocycles. The van der Waals surface area contributed by atoms with E-state index >= 15 is 0 Å². The van der Waals surface area contributed by atoms with E-state index in [0.717, 1.165) is 63.7 Å². The van der Waals surface area contributed by atoms with Crippen LogP contribution in [0.3, 0.4) is 0 Å². The molecule has 332 valence electrons. The molecular weight excluding hydrogens is 697 g/mol. The van der Waals surface area contributed by atoms with E-state index in [4.69, 9.17) is 14.2 Å². The van der Waals surface area contributed by atoms with Crippen molar-refractivity contribution in [2.45, 2.75) is 284 Å². The van der Waals surface area contributed by atoms with E-state index in [1.807, 2.05) is 0 Å². The molecule has 0 saturated heterocycles. The smallest absolute Gasteiger partial charge is 0.306 e. The molecule has 6 heteroatoms. The number of rotatable bonds is 45. The van der Waals surface area contributed by atoms with Gasteiger partial charge in [-0.2, -0.15) is 0 Å². The van der Waals surface area contributed by atoms with Gasteiger partial charge >= 0.3 is 17.9 Å². The molecule has 0 rings (SSSR count). The normalized spacial score (nSPS) is 11.9. The van der Waals surface area contributed by atoms with E-state index in [0.29, 0.717) is 19.3 Å². The van der Waals surface area contributed by atoms with Crippen LogP contribution in [0, 0.1) is 5.92 Å². The molecule has 0 unspecified atom stereocenters. The number of carbonyl (C=O) groups excluding carboxylic acids is 3. The topological polar surface area (TPSA) is 78.9 Å². The first-order valence-electron chi connectivity index (χ1n) is 24.9. The summed E-state index contributed by atoms with van der Waals surface area (Å²) in [6.45, 7) is 8.98. The Morgan fingerprint density at radius 3 is 0.875 bits per heavy atom. The lowest BCUT2D eigenvalue weighted by Gasteiger charge is -2.18. The van der Waals surface area contributed by atoms with E-state index < -0.39 is 6.10 Å². The second-order valence-electron chi connectivity index (χ2n) is 17.6. The van der Waals surface area contributed by atoms with E-state index in [-0.39, 0.29) is 31.1 Å². The van der Waals surface area contributed by atoms with Gasteiger partial charge in [0, 0.05) is 19.3 Å². The van der Waals surface area contributed by atoms with E-state index in [9.17, 15) is 14.4 Å². The highest BCUT2D eigenvalue weighted by Crippen LogP contribution is 2.17. The molecule has 0 saturated carbocycles. The summed E-state index contributed by atoms with van der Waals surface area (Å²) in [5, 5.41) is 0. The predicted molar refractivity (Wildman–Crippen MR) is 238 cm³/mol. The van der Waals surface area contributed by atoms with Gasteiger partial charge in [0.25, 0.3) is 0 Å². The van der Waals surface area contributed by atoms with Crippen molar-refractivity contribution in [2.75, 3.05) is 13.2 Å². The summed E-state index contributed by atoms with van der Waals surface area (Å²) < 4.78 is 16.7. The fraction of sp³-hybridized carbons (Fsp3) is 0.940. The number of hydrogen-bond donors (Lipinski definition) is 0. The first-order valence-corrected chi connectivity index (χ1v) is 24.9. The van der Waals surface area contributed by atoms with Crippen LogP contribution in [0.25, 0.3) is 0 Å². The van der Waals surface area contributed by atoms with Crippen molar-refractivity contribution in [3.8, 4) is 0 Å². The van der Waals surface area contributed by atoms with Crippen molar-refractivity contribution in [3.05, 3.63) is 0 Å². The molecule has 0 spiro atoms. The molecule has 0 aromatic rings. The maximum absolute atomic E-state index is 12.7. The number of unbranched alkanes of at least 4 members (excludes halogenated alkanes) is 32. The van der Waals surface area contributed by atoms with Gasteiger partial charge in [0.2, 0.25) is 0 Å². The summed E-state index contributed by atoms with van der Waals surface area (Å²) in [5.74, 6) is -0.0296. The zero-order chi connectivity index (χ0) is 41.0. The molecule has 0 N–H and O–H groups in total. The quantitative estimate of drug-likeness (QED) is 0.0347. The van der Waals surface area contributed by atoms with Gasteiger partial charge in [0.15, 0.2) is 6.10 Å². The summed E-state index contributed by atoms with van der Waals surface area (Å²) in [6.07, 6.45) is 45.3. The summed E-state index contributed by atoms with van der Waals surface area (Å²) in [4.78, 5) is 37.7. The Bertz CT molecular complexity index is 841. The van der Waals surface area contributed by atoms with Crippen LogP contribution in [-0.4, -0.2) is 37.2 Å². The minimum atomic E-state index is -0.759. The molecule has 1 atom stereocenters. The molecule has 6 nitrogen and oxygen atoms in total. The average molecular weight is 793 g/mol. The minimum Gasteiger partial charge on any atom is -0.462 e. The van der Waals surface area contributed by atoms with Crippen molar-refractivity contribution < 1.29 is 28.6 Å².